The Labute approximate surface area is 109 Å². The summed E-state index contributed by atoms with van der Waals surface area (Å²) in [7, 11) is 0. The third-order valence-corrected chi connectivity index (χ3v) is 3.05. The van der Waals surface area contributed by atoms with Gasteiger partial charge in [-0.3, -0.25) is 4.79 Å². The van der Waals surface area contributed by atoms with Gasteiger partial charge < -0.3 is 10.5 Å². The van der Waals surface area contributed by atoms with Crippen molar-refractivity contribution in [1.82, 2.24) is 0 Å². The first kappa shape index (κ1) is 14.7. The van der Waals surface area contributed by atoms with Crippen LogP contribution >= 0.6 is 0 Å². The van der Waals surface area contributed by atoms with Crippen molar-refractivity contribution in [1.29, 1.82) is 0 Å². The number of carbonyl (C=O) groups excluding carboxylic acids is 1. The third kappa shape index (κ3) is 3.84. The summed E-state index contributed by atoms with van der Waals surface area (Å²) in [6.07, 6.45) is 0.196. The molecule has 3 nitrogen and oxygen atoms in total. The van der Waals surface area contributed by atoms with E-state index in [2.05, 4.69) is 26.0 Å². The molecule has 0 fully saturated rings. The van der Waals surface area contributed by atoms with Crippen molar-refractivity contribution < 1.29 is 9.53 Å². The fourth-order valence-electron chi connectivity index (χ4n) is 1.86. The van der Waals surface area contributed by atoms with Gasteiger partial charge in [0, 0.05) is 5.54 Å². The third-order valence-electron chi connectivity index (χ3n) is 3.05. The van der Waals surface area contributed by atoms with Crippen LogP contribution in [-0.2, 0) is 15.1 Å². The second-order valence-corrected chi connectivity index (χ2v) is 5.18. The predicted molar refractivity (Wildman–Crippen MR) is 73.3 cm³/mol. The van der Waals surface area contributed by atoms with Gasteiger partial charge in [-0.25, -0.2) is 0 Å². The molecule has 0 aliphatic heterocycles. The van der Waals surface area contributed by atoms with Crippen LogP contribution in [0.25, 0.3) is 0 Å². The van der Waals surface area contributed by atoms with Gasteiger partial charge >= 0.3 is 5.97 Å². The Morgan fingerprint density at radius 2 is 1.89 bits per heavy atom. The minimum absolute atomic E-state index is 0.196. The van der Waals surface area contributed by atoms with E-state index in [1.165, 1.54) is 5.56 Å². The first-order valence-corrected chi connectivity index (χ1v) is 6.41. The van der Waals surface area contributed by atoms with Gasteiger partial charge in [-0.15, -0.1) is 0 Å². The van der Waals surface area contributed by atoms with Crippen LogP contribution in [0.5, 0.6) is 0 Å². The van der Waals surface area contributed by atoms with Crippen molar-refractivity contribution in [2.75, 3.05) is 6.61 Å². The standard InChI is InChI=1S/C15H23NO2/c1-5-18-14(17)10-15(4,16)13-8-6-12(7-9-13)11(2)3/h6-9,11H,5,10,16H2,1-4H3. The highest BCUT2D eigenvalue weighted by Crippen LogP contribution is 2.24. The number of hydrogen-bond donors (Lipinski definition) is 1. The zero-order chi connectivity index (χ0) is 13.8. The van der Waals surface area contributed by atoms with Gasteiger partial charge in [0.25, 0.3) is 0 Å². The molecule has 0 aromatic heterocycles. The molecule has 0 saturated carbocycles. The molecular weight excluding hydrogens is 226 g/mol. The molecule has 1 rings (SSSR count). The summed E-state index contributed by atoms with van der Waals surface area (Å²) in [5.74, 6) is 0.239. The minimum atomic E-state index is -0.679. The normalized spacial score (nSPS) is 14.3. The first-order valence-electron chi connectivity index (χ1n) is 6.41. The lowest BCUT2D eigenvalue weighted by Crippen LogP contribution is -2.36. The maximum Gasteiger partial charge on any atom is 0.307 e. The van der Waals surface area contributed by atoms with E-state index in [-0.39, 0.29) is 12.4 Å². The summed E-state index contributed by atoms with van der Waals surface area (Å²) in [5.41, 5.74) is 7.74. The monoisotopic (exact) mass is 249 g/mol. The molecule has 0 spiro atoms. The Hall–Kier alpha value is -1.35. The van der Waals surface area contributed by atoms with Crippen LogP contribution in [-0.4, -0.2) is 12.6 Å². The van der Waals surface area contributed by atoms with Crippen LogP contribution in [0.3, 0.4) is 0 Å². The van der Waals surface area contributed by atoms with Crippen LogP contribution in [0.4, 0.5) is 0 Å². The summed E-state index contributed by atoms with van der Waals surface area (Å²) in [4.78, 5) is 11.5. The number of esters is 1. The van der Waals surface area contributed by atoms with E-state index in [9.17, 15) is 4.79 Å². The molecule has 2 N–H and O–H groups in total. The molecule has 1 atom stereocenters. The Bertz CT molecular complexity index is 393. The van der Waals surface area contributed by atoms with E-state index >= 15 is 0 Å². The van der Waals surface area contributed by atoms with Crippen molar-refractivity contribution >= 4 is 5.97 Å². The summed E-state index contributed by atoms with van der Waals surface area (Å²) < 4.78 is 4.94. The second-order valence-electron chi connectivity index (χ2n) is 5.18. The van der Waals surface area contributed by atoms with Gasteiger partial charge in [-0.1, -0.05) is 38.1 Å². The van der Waals surface area contributed by atoms with Gasteiger partial charge in [0.2, 0.25) is 0 Å². The van der Waals surface area contributed by atoms with Gasteiger partial charge in [0.1, 0.15) is 0 Å². The molecule has 1 aromatic rings. The average Bonchev–Trinajstić information content (AvgIpc) is 2.28. The smallest absolute Gasteiger partial charge is 0.307 e. The zero-order valence-corrected chi connectivity index (χ0v) is 11.7. The summed E-state index contributed by atoms with van der Waals surface area (Å²) in [6.45, 7) is 8.34. The molecule has 100 valence electrons. The molecule has 1 aromatic carbocycles. The van der Waals surface area contributed by atoms with Gasteiger partial charge in [0.05, 0.1) is 13.0 Å². The molecule has 0 radical (unpaired) electrons. The maximum absolute atomic E-state index is 11.5. The summed E-state index contributed by atoms with van der Waals surface area (Å²) in [6, 6.07) is 8.12. The number of ether oxygens (including phenoxy) is 1. The van der Waals surface area contributed by atoms with Crippen LogP contribution in [0.1, 0.15) is 51.2 Å². The molecule has 0 aliphatic rings. The van der Waals surface area contributed by atoms with E-state index in [0.29, 0.717) is 12.5 Å². The average molecular weight is 249 g/mol. The lowest BCUT2D eigenvalue weighted by Gasteiger charge is -2.24. The van der Waals surface area contributed by atoms with Crippen molar-refractivity contribution in [3.8, 4) is 0 Å². The lowest BCUT2D eigenvalue weighted by atomic mass is 9.88. The van der Waals surface area contributed by atoms with E-state index < -0.39 is 5.54 Å². The van der Waals surface area contributed by atoms with Crippen molar-refractivity contribution in [3.63, 3.8) is 0 Å². The molecule has 0 amide bonds. The van der Waals surface area contributed by atoms with Crippen molar-refractivity contribution in [3.05, 3.63) is 35.4 Å². The van der Waals surface area contributed by atoms with E-state index in [4.69, 9.17) is 10.5 Å². The van der Waals surface area contributed by atoms with E-state index in [1.807, 2.05) is 19.1 Å². The number of hydrogen-bond acceptors (Lipinski definition) is 3. The Kier molecular flexibility index (Phi) is 4.91. The molecule has 0 heterocycles. The zero-order valence-electron chi connectivity index (χ0n) is 11.7. The minimum Gasteiger partial charge on any atom is -0.466 e. The molecular formula is C15H23NO2. The molecule has 0 aliphatic carbocycles. The number of nitrogens with two attached hydrogens (primary N) is 1. The SMILES string of the molecule is CCOC(=O)CC(C)(N)c1ccc(C(C)C)cc1. The van der Waals surface area contributed by atoms with Crippen LogP contribution < -0.4 is 5.73 Å². The second kappa shape index (κ2) is 6.01. The quantitative estimate of drug-likeness (QED) is 0.816. The Balaban J connectivity index is 2.81. The number of carbonyl (C=O) groups is 1. The van der Waals surface area contributed by atoms with Gasteiger partial charge in [-0.2, -0.15) is 0 Å². The molecule has 18 heavy (non-hydrogen) atoms. The molecule has 1 unspecified atom stereocenters. The number of benzene rings is 1. The van der Waals surface area contributed by atoms with Crippen LogP contribution in [0.15, 0.2) is 24.3 Å². The summed E-state index contributed by atoms with van der Waals surface area (Å²) >= 11 is 0. The molecule has 0 bridgehead atoms. The topological polar surface area (TPSA) is 52.3 Å². The number of rotatable bonds is 5. The van der Waals surface area contributed by atoms with Crippen LogP contribution in [0.2, 0.25) is 0 Å². The van der Waals surface area contributed by atoms with Gasteiger partial charge in [0.15, 0.2) is 0 Å². The Morgan fingerprint density at radius 1 is 1.33 bits per heavy atom. The molecule has 3 heteroatoms. The van der Waals surface area contributed by atoms with E-state index in [0.717, 1.165) is 5.56 Å². The fraction of sp³-hybridized carbons (Fsp3) is 0.533. The summed E-state index contributed by atoms with van der Waals surface area (Å²) in [5, 5.41) is 0. The molecule has 0 saturated heterocycles. The van der Waals surface area contributed by atoms with Crippen molar-refractivity contribution in [2.24, 2.45) is 5.73 Å². The van der Waals surface area contributed by atoms with E-state index in [1.54, 1.807) is 6.92 Å². The fourth-order valence-corrected chi connectivity index (χ4v) is 1.86. The van der Waals surface area contributed by atoms with Crippen molar-refractivity contribution in [2.45, 2.75) is 45.6 Å². The predicted octanol–water partition coefficient (Wildman–Crippen LogP) is 2.94. The lowest BCUT2D eigenvalue weighted by molar-refractivity contribution is -0.144. The maximum atomic E-state index is 11.5. The van der Waals surface area contributed by atoms with Gasteiger partial charge in [-0.05, 0) is 30.9 Å². The van der Waals surface area contributed by atoms with Crippen LogP contribution in [0, 0.1) is 0 Å². The highest BCUT2D eigenvalue weighted by Gasteiger charge is 2.25. The Morgan fingerprint density at radius 3 is 2.33 bits per heavy atom. The highest BCUT2D eigenvalue weighted by molar-refractivity contribution is 5.71. The first-order chi connectivity index (χ1) is 8.36. The largest absolute Gasteiger partial charge is 0.466 e. The highest BCUT2D eigenvalue weighted by atomic mass is 16.5.